The Morgan fingerprint density at radius 2 is 1.57 bits per heavy atom. The largest absolute Gasteiger partial charge is 0.388 e. The Morgan fingerprint density at radius 3 is 2.14 bits per heavy atom. The minimum absolute atomic E-state index is 0.0432. The van der Waals surface area contributed by atoms with E-state index in [2.05, 4.69) is 32.9 Å². The van der Waals surface area contributed by atoms with Crippen molar-refractivity contribution in [3.63, 3.8) is 0 Å². The number of benzene rings is 2. The highest BCUT2D eigenvalue weighted by atomic mass is 16.5. The molecular formula is C24H24N2O2. The summed E-state index contributed by atoms with van der Waals surface area (Å²) in [5.74, 6) is 1.64. The van der Waals surface area contributed by atoms with Crippen molar-refractivity contribution in [2.24, 2.45) is 0 Å². The summed E-state index contributed by atoms with van der Waals surface area (Å²) in [6.07, 6.45) is 8.85. The van der Waals surface area contributed by atoms with Crippen LogP contribution in [0.15, 0.2) is 48.5 Å². The highest BCUT2D eigenvalue weighted by Crippen LogP contribution is 2.40. The number of nitriles is 2. The topological polar surface area (TPSA) is 66.0 Å². The van der Waals surface area contributed by atoms with Crippen molar-refractivity contribution in [3.8, 4) is 24.0 Å². The monoisotopic (exact) mass is 372 g/mol. The van der Waals surface area contributed by atoms with Gasteiger partial charge in [0.15, 0.2) is 0 Å². The SMILES string of the molecule is CC(C)(C)c1cc(OC#N)ccc1C1=CCC(c2ccc(OC#N)cc2)CC1. The lowest BCUT2D eigenvalue weighted by molar-refractivity contribution is 0.501. The molecule has 4 heteroatoms. The lowest BCUT2D eigenvalue weighted by atomic mass is 9.77. The first-order valence-electron chi connectivity index (χ1n) is 9.48. The molecule has 28 heavy (non-hydrogen) atoms. The lowest BCUT2D eigenvalue weighted by Crippen LogP contribution is -2.15. The van der Waals surface area contributed by atoms with Crippen molar-refractivity contribution in [2.45, 2.75) is 51.4 Å². The van der Waals surface area contributed by atoms with Crippen molar-refractivity contribution >= 4 is 5.57 Å². The van der Waals surface area contributed by atoms with E-state index in [-0.39, 0.29) is 5.41 Å². The van der Waals surface area contributed by atoms with E-state index in [9.17, 15) is 0 Å². The normalized spacial score (nSPS) is 16.5. The molecule has 1 unspecified atom stereocenters. The first-order valence-corrected chi connectivity index (χ1v) is 9.48. The summed E-state index contributed by atoms with van der Waals surface area (Å²) in [7, 11) is 0. The molecule has 142 valence electrons. The van der Waals surface area contributed by atoms with E-state index in [1.807, 2.05) is 36.4 Å². The fraction of sp³-hybridized carbons (Fsp3) is 0.333. The van der Waals surface area contributed by atoms with Crippen LogP contribution >= 0.6 is 0 Å². The van der Waals surface area contributed by atoms with Crippen LogP contribution in [0.1, 0.15) is 62.6 Å². The van der Waals surface area contributed by atoms with Gasteiger partial charge >= 0.3 is 0 Å². The van der Waals surface area contributed by atoms with Gasteiger partial charge in [-0.25, -0.2) is 0 Å². The first kappa shape index (κ1) is 19.5. The van der Waals surface area contributed by atoms with Gasteiger partial charge in [0.25, 0.3) is 12.5 Å². The van der Waals surface area contributed by atoms with Crippen molar-refractivity contribution in [2.75, 3.05) is 0 Å². The zero-order valence-corrected chi connectivity index (χ0v) is 16.5. The second-order valence-electron chi connectivity index (χ2n) is 8.11. The molecule has 0 saturated carbocycles. The maximum atomic E-state index is 8.81. The van der Waals surface area contributed by atoms with Gasteiger partial charge in [-0.3, -0.25) is 0 Å². The second-order valence-corrected chi connectivity index (χ2v) is 8.11. The summed E-state index contributed by atoms with van der Waals surface area (Å²) < 4.78 is 9.90. The van der Waals surface area contributed by atoms with Gasteiger partial charge in [-0.05, 0) is 77.1 Å². The lowest BCUT2D eigenvalue weighted by Gasteiger charge is -2.28. The third kappa shape index (κ3) is 4.35. The van der Waals surface area contributed by atoms with Crippen molar-refractivity contribution in [3.05, 3.63) is 65.2 Å². The maximum Gasteiger partial charge on any atom is 0.292 e. The van der Waals surface area contributed by atoms with E-state index in [4.69, 9.17) is 20.0 Å². The molecule has 0 N–H and O–H groups in total. The molecule has 2 aromatic rings. The summed E-state index contributed by atoms with van der Waals surface area (Å²) in [5.41, 5.74) is 5.03. The molecule has 0 radical (unpaired) electrons. The Bertz CT molecular complexity index is 954. The van der Waals surface area contributed by atoms with Crippen LogP contribution in [-0.2, 0) is 5.41 Å². The number of ether oxygens (including phenoxy) is 2. The van der Waals surface area contributed by atoms with E-state index in [1.54, 1.807) is 12.5 Å². The van der Waals surface area contributed by atoms with Crippen LogP contribution in [0.3, 0.4) is 0 Å². The number of hydrogen-bond acceptors (Lipinski definition) is 4. The molecule has 0 heterocycles. The van der Waals surface area contributed by atoms with E-state index >= 15 is 0 Å². The van der Waals surface area contributed by atoms with Crippen LogP contribution in [0.25, 0.3) is 5.57 Å². The quantitative estimate of drug-likeness (QED) is 0.612. The van der Waals surface area contributed by atoms with Crippen LogP contribution in [0.4, 0.5) is 0 Å². The third-order valence-corrected chi connectivity index (χ3v) is 5.23. The highest BCUT2D eigenvalue weighted by molar-refractivity contribution is 5.71. The van der Waals surface area contributed by atoms with Gasteiger partial charge in [0, 0.05) is 0 Å². The van der Waals surface area contributed by atoms with Crippen LogP contribution < -0.4 is 9.47 Å². The first-order chi connectivity index (χ1) is 13.4. The van der Waals surface area contributed by atoms with E-state index in [1.165, 1.54) is 22.3 Å². The molecule has 0 bridgehead atoms. The van der Waals surface area contributed by atoms with Gasteiger partial charge < -0.3 is 9.47 Å². The fourth-order valence-corrected chi connectivity index (χ4v) is 3.78. The van der Waals surface area contributed by atoms with Crippen LogP contribution in [0.2, 0.25) is 0 Å². The minimum atomic E-state index is -0.0432. The summed E-state index contributed by atoms with van der Waals surface area (Å²) in [5, 5.41) is 17.4. The molecular weight excluding hydrogens is 348 g/mol. The van der Waals surface area contributed by atoms with E-state index < -0.39 is 0 Å². The number of rotatable bonds is 4. The Kier molecular flexibility index (Phi) is 5.71. The Hall–Kier alpha value is -3.24. The number of nitrogens with zero attached hydrogens (tertiary/aromatic N) is 2. The summed E-state index contributed by atoms with van der Waals surface area (Å²) in [6.45, 7) is 6.54. The standard InChI is InChI=1S/C24H24N2O2/c1-24(2,3)23-14-21(28-16-26)12-13-22(23)19-6-4-17(5-7-19)18-8-10-20(11-9-18)27-15-25/h6,8-14,17H,4-5,7H2,1-3H3. The fourth-order valence-electron chi connectivity index (χ4n) is 3.78. The molecule has 0 spiro atoms. The van der Waals surface area contributed by atoms with Gasteiger partial charge in [-0.15, -0.1) is 10.5 Å². The van der Waals surface area contributed by atoms with E-state index in [0.29, 0.717) is 17.4 Å². The smallest absolute Gasteiger partial charge is 0.292 e. The third-order valence-electron chi connectivity index (χ3n) is 5.23. The average molecular weight is 372 g/mol. The molecule has 2 aromatic carbocycles. The molecule has 0 aliphatic heterocycles. The molecule has 3 rings (SSSR count). The Labute approximate surface area is 166 Å². The molecule has 1 aliphatic rings. The molecule has 0 aromatic heterocycles. The molecule has 1 atom stereocenters. The zero-order chi connectivity index (χ0) is 20.1. The maximum absolute atomic E-state index is 8.81. The van der Waals surface area contributed by atoms with Crippen LogP contribution in [0, 0.1) is 23.0 Å². The second kappa shape index (κ2) is 8.19. The Morgan fingerprint density at radius 1 is 0.929 bits per heavy atom. The van der Waals surface area contributed by atoms with Crippen molar-refractivity contribution in [1.29, 1.82) is 10.5 Å². The molecule has 0 saturated heterocycles. The van der Waals surface area contributed by atoms with Crippen molar-refractivity contribution in [1.82, 2.24) is 0 Å². The van der Waals surface area contributed by atoms with Gasteiger partial charge in [0.05, 0.1) is 0 Å². The minimum Gasteiger partial charge on any atom is -0.388 e. The molecule has 0 fully saturated rings. The highest BCUT2D eigenvalue weighted by Gasteiger charge is 2.24. The van der Waals surface area contributed by atoms with Gasteiger partial charge in [-0.2, -0.15) is 0 Å². The summed E-state index contributed by atoms with van der Waals surface area (Å²) in [4.78, 5) is 0. The Balaban J connectivity index is 1.83. The summed E-state index contributed by atoms with van der Waals surface area (Å²) in [6, 6.07) is 13.7. The van der Waals surface area contributed by atoms with Crippen LogP contribution in [0.5, 0.6) is 11.5 Å². The number of hydrogen-bond donors (Lipinski definition) is 0. The van der Waals surface area contributed by atoms with Gasteiger partial charge in [0.1, 0.15) is 11.5 Å². The van der Waals surface area contributed by atoms with Crippen LogP contribution in [-0.4, -0.2) is 0 Å². The van der Waals surface area contributed by atoms with Gasteiger partial charge in [-0.1, -0.05) is 45.0 Å². The number of allylic oxidation sites excluding steroid dienone is 2. The molecule has 1 aliphatic carbocycles. The summed E-state index contributed by atoms with van der Waals surface area (Å²) >= 11 is 0. The van der Waals surface area contributed by atoms with Crippen molar-refractivity contribution < 1.29 is 9.47 Å². The average Bonchev–Trinajstić information content (AvgIpc) is 2.69. The van der Waals surface area contributed by atoms with Gasteiger partial charge in [0.2, 0.25) is 0 Å². The predicted molar refractivity (Wildman–Crippen MR) is 109 cm³/mol. The predicted octanol–water partition coefficient (Wildman–Crippen LogP) is 6.05. The zero-order valence-electron chi connectivity index (χ0n) is 16.5. The molecule has 0 amide bonds. The molecule has 4 nitrogen and oxygen atoms in total. The van der Waals surface area contributed by atoms with E-state index in [0.717, 1.165) is 19.3 Å².